The smallest absolute Gasteiger partial charge is 0.255 e. The highest BCUT2D eigenvalue weighted by molar-refractivity contribution is 5.95. The van der Waals surface area contributed by atoms with Crippen LogP contribution in [0.2, 0.25) is 0 Å². The quantitative estimate of drug-likeness (QED) is 0.845. The van der Waals surface area contributed by atoms with Crippen molar-refractivity contribution in [2.24, 2.45) is 0 Å². The Labute approximate surface area is 165 Å². The van der Waals surface area contributed by atoms with Crippen LogP contribution in [0.1, 0.15) is 36.5 Å². The maximum absolute atomic E-state index is 12.8. The predicted molar refractivity (Wildman–Crippen MR) is 107 cm³/mol. The lowest BCUT2D eigenvalue weighted by Crippen LogP contribution is -2.39. The summed E-state index contributed by atoms with van der Waals surface area (Å²) in [6, 6.07) is 2.34. The number of ether oxygens (including phenoxy) is 1. The van der Waals surface area contributed by atoms with Crippen LogP contribution in [0.15, 0.2) is 36.3 Å². The predicted octanol–water partition coefficient (Wildman–Crippen LogP) is 1.94. The Balaban J connectivity index is 1.39. The first-order chi connectivity index (χ1) is 13.7. The van der Waals surface area contributed by atoms with Gasteiger partial charge in [0.05, 0.1) is 12.1 Å². The molecule has 5 rings (SSSR count). The largest absolute Gasteiger partial charge is 0.488 e. The molecule has 7 heteroatoms. The molecule has 5 heterocycles. The normalized spacial score (nSPS) is 26.5. The van der Waals surface area contributed by atoms with Gasteiger partial charge in [0.2, 0.25) is 0 Å². The van der Waals surface area contributed by atoms with Gasteiger partial charge in [0, 0.05) is 43.8 Å². The number of allylic oxidation sites excluding steroid dienone is 1. The maximum Gasteiger partial charge on any atom is 0.255 e. The van der Waals surface area contributed by atoms with Crippen molar-refractivity contribution in [3.63, 3.8) is 0 Å². The Morgan fingerprint density at radius 1 is 1.25 bits per heavy atom. The van der Waals surface area contributed by atoms with Crippen molar-refractivity contribution >= 4 is 11.7 Å². The summed E-state index contributed by atoms with van der Waals surface area (Å²) < 4.78 is 5.87. The van der Waals surface area contributed by atoms with Crippen molar-refractivity contribution < 1.29 is 9.53 Å². The van der Waals surface area contributed by atoms with E-state index in [4.69, 9.17) is 4.74 Å². The molecule has 148 valence electrons. The van der Waals surface area contributed by atoms with E-state index in [1.807, 2.05) is 11.0 Å². The SMILES string of the molecule is CC1CN2C=CC(N3CCOc4cc(C(=O)N5CCCCC5)cnc43)=CC2N1. The Morgan fingerprint density at radius 2 is 2.11 bits per heavy atom. The lowest BCUT2D eigenvalue weighted by atomic mass is 10.1. The zero-order chi connectivity index (χ0) is 19.1. The second kappa shape index (κ2) is 7.13. The van der Waals surface area contributed by atoms with Gasteiger partial charge >= 0.3 is 0 Å². The van der Waals surface area contributed by atoms with Crippen LogP contribution in [0.25, 0.3) is 0 Å². The number of likely N-dealkylation sites (tertiary alicyclic amines) is 1. The Kier molecular flexibility index (Phi) is 4.47. The first kappa shape index (κ1) is 17.6. The zero-order valence-electron chi connectivity index (χ0n) is 16.3. The van der Waals surface area contributed by atoms with Crippen LogP contribution in [0.4, 0.5) is 5.82 Å². The number of carbonyl (C=O) groups is 1. The van der Waals surface area contributed by atoms with Crippen LogP contribution in [-0.2, 0) is 0 Å². The summed E-state index contributed by atoms with van der Waals surface area (Å²) >= 11 is 0. The van der Waals surface area contributed by atoms with E-state index >= 15 is 0 Å². The number of anilines is 1. The molecule has 1 amide bonds. The van der Waals surface area contributed by atoms with Gasteiger partial charge in [0.25, 0.3) is 5.91 Å². The van der Waals surface area contributed by atoms with Gasteiger partial charge in [0.15, 0.2) is 11.6 Å². The standard InChI is InChI=1S/C21H27N5O2/c1-15-14-25-8-5-17(12-19(25)23-15)26-9-10-28-18-11-16(13-22-20(18)26)21(27)24-6-3-2-4-7-24/h5,8,11-13,15,19,23H,2-4,6-7,9-10,14H2,1H3. The molecular weight excluding hydrogens is 354 g/mol. The van der Waals surface area contributed by atoms with E-state index in [1.165, 1.54) is 6.42 Å². The summed E-state index contributed by atoms with van der Waals surface area (Å²) in [5.74, 6) is 1.54. The summed E-state index contributed by atoms with van der Waals surface area (Å²) in [7, 11) is 0. The van der Waals surface area contributed by atoms with Gasteiger partial charge < -0.3 is 19.4 Å². The van der Waals surface area contributed by atoms with Crippen molar-refractivity contribution in [1.82, 2.24) is 20.1 Å². The second-order valence-electron chi connectivity index (χ2n) is 8.02. The average molecular weight is 381 g/mol. The number of amides is 1. The van der Waals surface area contributed by atoms with Gasteiger partial charge in [-0.25, -0.2) is 4.98 Å². The third-order valence-electron chi connectivity index (χ3n) is 5.93. The van der Waals surface area contributed by atoms with Crippen LogP contribution in [0, 0.1) is 0 Å². The van der Waals surface area contributed by atoms with Crippen molar-refractivity contribution in [2.75, 3.05) is 37.7 Å². The Bertz CT molecular complexity index is 830. The average Bonchev–Trinajstić information content (AvgIpc) is 3.12. The van der Waals surface area contributed by atoms with Gasteiger partial charge in [-0.05, 0) is 44.4 Å². The van der Waals surface area contributed by atoms with E-state index in [9.17, 15) is 4.79 Å². The molecule has 0 saturated carbocycles. The van der Waals surface area contributed by atoms with Crippen molar-refractivity contribution in [1.29, 1.82) is 0 Å². The number of carbonyl (C=O) groups excluding carboxylic acids is 1. The summed E-state index contributed by atoms with van der Waals surface area (Å²) in [4.78, 5) is 23.9. The van der Waals surface area contributed by atoms with E-state index in [-0.39, 0.29) is 12.1 Å². The highest BCUT2D eigenvalue weighted by atomic mass is 16.5. The lowest BCUT2D eigenvalue weighted by Gasteiger charge is -2.34. The van der Waals surface area contributed by atoms with Crippen LogP contribution in [0.5, 0.6) is 5.75 Å². The maximum atomic E-state index is 12.8. The van der Waals surface area contributed by atoms with Crippen LogP contribution >= 0.6 is 0 Å². The molecule has 2 saturated heterocycles. The summed E-state index contributed by atoms with van der Waals surface area (Å²) in [6.45, 7) is 6.22. The van der Waals surface area contributed by atoms with Gasteiger partial charge in [-0.3, -0.25) is 10.1 Å². The van der Waals surface area contributed by atoms with Gasteiger partial charge in [-0.2, -0.15) is 0 Å². The molecule has 1 aromatic rings. The van der Waals surface area contributed by atoms with Crippen LogP contribution < -0.4 is 15.0 Å². The van der Waals surface area contributed by atoms with Crippen molar-refractivity contribution in [3.05, 3.63) is 41.9 Å². The number of pyridine rings is 1. The van der Waals surface area contributed by atoms with Gasteiger partial charge in [-0.15, -0.1) is 0 Å². The molecule has 0 bridgehead atoms. The minimum absolute atomic E-state index is 0.0623. The molecule has 4 aliphatic heterocycles. The van der Waals surface area contributed by atoms with Crippen LogP contribution in [0.3, 0.4) is 0 Å². The monoisotopic (exact) mass is 381 g/mol. The number of hydrogen-bond acceptors (Lipinski definition) is 6. The molecule has 2 unspecified atom stereocenters. The van der Waals surface area contributed by atoms with E-state index in [0.717, 1.165) is 50.5 Å². The highest BCUT2D eigenvalue weighted by Gasteiger charge is 2.31. The highest BCUT2D eigenvalue weighted by Crippen LogP contribution is 2.34. The number of aromatic nitrogens is 1. The third-order valence-corrected chi connectivity index (χ3v) is 5.93. The summed E-state index contributed by atoms with van der Waals surface area (Å²) in [5.41, 5.74) is 1.74. The topological polar surface area (TPSA) is 60.9 Å². The number of fused-ring (bicyclic) bond motifs is 2. The van der Waals surface area contributed by atoms with Crippen LogP contribution in [-0.4, -0.2) is 65.7 Å². The fourth-order valence-electron chi connectivity index (χ4n) is 4.48. The molecule has 0 spiro atoms. The lowest BCUT2D eigenvalue weighted by molar-refractivity contribution is 0.0723. The minimum atomic E-state index is 0.0623. The number of nitrogens with one attached hydrogen (secondary N) is 1. The summed E-state index contributed by atoms with van der Waals surface area (Å²) in [5, 5.41) is 3.58. The van der Waals surface area contributed by atoms with Gasteiger partial charge in [0.1, 0.15) is 12.8 Å². The Morgan fingerprint density at radius 3 is 2.96 bits per heavy atom. The molecule has 2 fully saturated rings. The first-order valence-corrected chi connectivity index (χ1v) is 10.3. The molecule has 28 heavy (non-hydrogen) atoms. The van der Waals surface area contributed by atoms with E-state index in [1.54, 1.807) is 6.20 Å². The molecule has 1 N–H and O–H groups in total. The minimum Gasteiger partial charge on any atom is -0.488 e. The zero-order valence-corrected chi connectivity index (χ0v) is 16.3. The molecule has 2 atom stereocenters. The number of nitrogens with zero attached hydrogens (tertiary/aromatic N) is 4. The van der Waals surface area contributed by atoms with Crippen molar-refractivity contribution in [3.8, 4) is 5.75 Å². The fourth-order valence-corrected chi connectivity index (χ4v) is 4.48. The molecule has 0 radical (unpaired) electrons. The molecule has 4 aliphatic rings. The van der Waals surface area contributed by atoms with E-state index in [0.29, 0.717) is 24.0 Å². The molecule has 0 aromatic carbocycles. The molecule has 7 nitrogen and oxygen atoms in total. The van der Waals surface area contributed by atoms with E-state index in [2.05, 4.69) is 45.4 Å². The summed E-state index contributed by atoms with van der Waals surface area (Å²) in [6.07, 6.45) is 11.8. The number of piperidine rings is 1. The van der Waals surface area contributed by atoms with Gasteiger partial charge in [-0.1, -0.05) is 0 Å². The molecular formula is C21H27N5O2. The number of hydrogen-bond donors (Lipinski definition) is 1. The van der Waals surface area contributed by atoms with E-state index < -0.39 is 0 Å². The van der Waals surface area contributed by atoms with Crippen molar-refractivity contribution in [2.45, 2.75) is 38.4 Å². The second-order valence-corrected chi connectivity index (χ2v) is 8.02. The number of rotatable bonds is 2. The first-order valence-electron chi connectivity index (χ1n) is 10.3. The fraction of sp³-hybridized carbons (Fsp3) is 0.524. The third kappa shape index (κ3) is 3.13. The Hall–Kier alpha value is -2.54. The molecule has 0 aliphatic carbocycles. The molecule has 1 aromatic heterocycles.